The molecule has 2 aromatic heterocycles. The van der Waals surface area contributed by atoms with Gasteiger partial charge in [-0.3, -0.25) is 4.79 Å². The van der Waals surface area contributed by atoms with Crippen LogP contribution in [0.1, 0.15) is 43.6 Å². The molecule has 6 heteroatoms. The van der Waals surface area contributed by atoms with Crippen molar-refractivity contribution in [2.75, 3.05) is 0 Å². The Balaban J connectivity index is 1.80. The summed E-state index contributed by atoms with van der Waals surface area (Å²) >= 11 is 1.61. The van der Waals surface area contributed by atoms with Gasteiger partial charge in [-0.1, -0.05) is 12.8 Å². The van der Waals surface area contributed by atoms with E-state index in [1.807, 2.05) is 17.7 Å². The molecular formula is C15H18N2O3S. The van der Waals surface area contributed by atoms with Crippen LogP contribution in [0.3, 0.4) is 0 Å². The highest BCUT2D eigenvalue weighted by atomic mass is 32.1. The summed E-state index contributed by atoms with van der Waals surface area (Å²) in [5, 5.41) is 21.4. The molecule has 0 amide bonds. The van der Waals surface area contributed by atoms with Crippen LogP contribution >= 0.6 is 11.3 Å². The average molecular weight is 306 g/mol. The van der Waals surface area contributed by atoms with Gasteiger partial charge in [0.15, 0.2) is 0 Å². The third kappa shape index (κ3) is 3.00. The number of rotatable bonds is 5. The first-order chi connectivity index (χ1) is 10.1. The Morgan fingerprint density at radius 2 is 2.14 bits per heavy atom. The summed E-state index contributed by atoms with van der Waals surface area (Å²) in [6, 6.07) is 0. The molecule has 2 aromatic rings. The van der Waals surface area contributed by atoms with E-state index in [9.17, 15) is 4.79 Å². The Morgan fingerprint density at radius 1 is 1.38 bits per heavy atom. The van der Waals surface area contributed by atoms with E-state index in [1.165, 1.54) is 0 Å². The summed E-state index contributed by atoms with van der Waals surface area (Å²) in [6.07, 6.45) is 4.76. The highest BCUT2D eigenvalue weighted by molar-refractivity contribution is 7.08. The molecule has 0 radical (unpaired) electrons. The molecule has 2 heterocycles. The second kappa shape index (κ2) is 5.60. The smallest absolute Gasteiger partial charge is 0.303 e. The molecule has 1 aliphatic carbocycles. The van der Waals surface area contributed by atoms with Gasteiger partial charge in [0.2, 0.25) is 11.8 Å². The minimum absolute atomic E-state index is 0.183. The van der Waals surface area contributed by atoms with Gasteiger partial charge in [-0.2, -0.15) is 11.3 Å². The monoisotopic (exact) mass is 306 g/mol. The first-order valence-corrected chi connectivity index (χ1v) is 8.10. The van der Waals surface area contributed by atoms with Gasteiger partial charge in [0.1, 0.15) is 0 Å². The molecule has 0 atom stereocenters. The fourth-order valence-electron chi connectivity index (χ4n) is 3.20. The lowest BCUT2D eigenvalue weighted by atomic mass is 9.79. The number of carbonyl (C=O) groups is 1. The molecule has 1 aliphatic rings. The van der Waals surface area contributed by atoms with Crippen molar-refractivity contribution in [3.8, 4) is 11.5 Å². The molecule has 0 spiro atoms. The molecule has 0 unspecified atom stereocenters. The molecule has 5 nitrogen and oxygen atoms in total. The molecule has 1 saturated carbocycles. The van der Waals surface area contributed by atoms with Crippen molar-refractivity contribution in [2.45, 2.75) is 45.4 Å². The Kier molecular flexibility index (Phi) is 3.80. The Labute approximate surface area is 127 Å². The van der Waals surface area contributed by atoms with Gasteiger partial charge in [0.05, 0.1) is 12.0 Å². The van der Waals surface area contributed by atoms with E-state index in [2.05, 4.69) is 10.2 Å². The van der Waals surface area contributed by atoms with Gasteiger partial charge < -0.3 is 9.52 Å². The third-order valence-electron chi connectivity index (χ3n) is 4.27. The first kappa shape index (κ1) is 14.3. The van der Waals surface area contributed by atoms with Crippen LogP contribution < -0.4 is 0 Å². The number of aryl methyl sites for hydroxylation is 1. The quantitative estimate of drug-likeness (QED) is 0.911. The third-order valence-corrected chi connectivity index (χ3v) is 5.13. The number of carboxylic acids is 1. The van der Waals surface area contributed by atoms with E-state index in [1.54, 1.807) is 11.3 Å². The van der Waals surface area contributed by atoms with Gasteiger partial charge in [0, 0.05) is 11.8 Å². The topological polar surface area (TPSA) is 76.2 Å². The van der Waals surface area contributed by atoms with Crippen LogP contribution in [0.2, 0.25) is 0 Å². The van der Waals surface area contributed by atoms with Crippen molar-refractivity contribution in [1.29, 1.82) is 0 Å². The van der Waals surface area contributed by atoms with Gasteiger partial charge in [-0.05, 0) is 36.1 Å². The minimum atomic E-state index is -0.745. The van der Waals surface area contributed by atoms with Crippen LogP contribution in [0.25, 0.3) is 11.5 Å². The van der Waals surface area contributed by atoms with E-state index >= 15 is 0 Å². The molecule has 0 saturated heterocycles. The normalized spacial score (nSPS) is 17.2. The molecule has 0 bridgehead atoms. The van der Waals surface area contributed by atoms with E-state index in [4.69, 9.17) is 9.52 Å². The second-order valence-corrected chi connectivity index (χ2v) is 6.67. The van der Waals surface area contributed by atoms with Gasteiger partial charge in [-0.25, -0.2) is 0 Å². The van der Waals surface area contributed by atoms with Crippen molar-refractivity contribution >= 4 is 17.3 Å². The zero-order valence-electron chi connectivity index (χ0n) is 12.0. The predicted octanol–water partition coefficient (Wildman–Crippen LogP) is 3.68. The largest absolute Gasteiger partial charge is 0.481 e. The number of hydrogen-bond acceptors (Lipinski definition) is 5. The summed E-state index contributed by atoms with van der Waals surface area (Å²) in [4.78, 5) is 11.1. The number of aromatic nitrogens is 2. The minimum Gasteiger partial charge on any atom is -0.481 e. The summed E-state index contributed by atoms with van der Waals surface area (Å²) < 4.78 is 5.77. The van der Waals surface area contributed by atoms with Crippen molar-refractivity contribution in [2.24, 2.45) is 5.41 Å². The molecule has 1 N–H and O–H groups in total. The summed E-state index contributed by atoms with van der Waals surface area (Å²) in [7, 11) is 0. The van der Waals surface area contributed by atoms with Crippen LogP contribution in [0.5, 0.6) is 0 Å². The molecule has 1 fully saturated rings. The average Bonchev–Trinajstić information content (AvgIpc) is 3.11. The predicted molar refractivity (Wildman–Crippen MR) is 79.2 cm³/mol. The summed E-state index contributed by atoms with van der Waals surface area (Å²) in [6.45, 7) is 2.01. The van der Waals surface area contributed by atoms with E-state index in [0.717, 1.165) is 36.8 Å². The number of nitrogens with zero attached hydrogens (tertiary/aromatic N) is 2. The van der Waals surface area contributed by atoms with Crippen LogP contribution in [-0.4, -0.2) is 21.3 Å². The van der Waals surface area contributed by atoms with Gasteiger partial charge in [0.25, 0.3) is 0 Å². The Hall–Kier alpha value is -1.69. The number of hydrogen-bond donors (Lipinski definition) is 1. The molecule has 112 valence electrons. The first-order valence-electron chi connectivity index (χ1n) is 7.15. The molecule has 3 rings (SSSR count). The maximum Gasteiger partial charge on any atom is 0.303 e. The van der Waals surface area contributed by atoms with Gasteiger partial charge >= 0.3 is 5.97 Å². The van der Waals surface area contributed by atoms with E-state index in [0.29, 0.717) is 18.2 Å². The summed E-state index contributed by atoms with van der Waals surface area (Å²) in [5.74, 6) is 0.344. The molecule has 0 aromatic carbocycles. The van der Waals surface area contributed by atoms with Crippen LogP contribution in [0.15, 0.2) is 15.2 Å². The van der Waals surface area contributed by atoms with Crippen LogP contribution in [0, 0.1) is 12.3 Å². The highest BCUT2D eigenvalue weighted by Crippen LogP contribution is 2.43. The van der Waals surface area contributed by atoms with Crippen LogP contribution in [0.4, 0.5) is 0 Å². The standard InChI is InChI=1S/C15H18N2O3S/c1-10-8-21-9-11(10)14-17-16-12(20-14)6-15(7-13(18)19)4-2-3-5-15/h8-9H,2-7H2,1H3,(H,18,19). The van der Waals surface area contributed by atoms with E-state index in [-0.39, 0.29) is 11.8 Å². The second-order valence-electron chi connectivity index (χ2n) is 5.92. The number of thiophene rings is 1. The molecule has 21 heavy (non-hydrogen) atoms. The Bertz CT molecular complexity index is 641. The fraction of sp³-hybridized carbons (Fsp3) is 0.533. The van der Waals surface area contributed by atoms with Crippen molar-refractivity contribution in [3.63, 3.8) is 0 Å². The zero-order valence-corrected chi connectivity index (χ0v) is 12.8. The SMILES string of the molecule is Cc1cscc1-c1nnc(CC2(CC(=O)O)CCCC2)o1. The van der Waals surface area contributed by atoms with Crippen molar-refractivity contribution in [3.05, 3.63) is 22.2 Å². The zero-order chi connectivity index (χ0) is 14.9. The highest BCUT2D eigenvalue weighted by Gasteiger charge is 2.37. The maximum atomic E-state index is 11.1. The molecule has 0 aliphatic heterocycles. The van der Waals surface area contributed by atoms with Crippen molar-refractivity contribution < 1.29 is 14.3 Å². The number of aliphatic carboxylic acids is 1. The lowest BCUT2D eigenvalue weighted by Gasteiger charge is -2.24. The van der Waals surface area contributed by atoms with Crippen molar-refractivity contribution in [1.82, 2.24) is 10.2 Å². The lowest BCUT2D eigenvalue weighted by Crippen LogP contribution is -2.23. The molecular weight excluding hydrogens is 288 g/mol. The summed E-state index contributed by atoms with van der Waals surface area (Å²) in [5.41, 5.74) is 1.88. The maximum absolute atomic E-state index is 11.1. The van der Waals surface area contributed by atoms with Crippen LogP contribution in [-0.2, 0) is 11.2 Å². The number of carboxylic acid groups (broad SMARTS) is 1. The lowest BCUT2D eigenvalue weighted by molar-refractivity contribution is -0.139. The Morgan fingerprint density at radius 3 is 2.76 bits per heavy atom. The van der Waals surface area contributed by atoms with E-state index < -0.39 is 5.97 Å². The van der Waals surface area contributed by atoms with Gasteiger partial charge in [-0.15, -0.1) is 10.2 Å². The fourth-order valence-corrected chi connectivity index (χ4v) is 4.02.